The lowest BCUT2D eigenvalue weighted by atomic mass is 9.70. The zero-order valence-electron chi connectivity index (χ0n) is 10.1. The molecule has 0 bridgehead atoms. The Morgan fingerprint density at radius 3 is 2.67 bits per heavy atom. The Kier molecular flexibility index (Phi) is 4.06. The van der Waals surface area contributed by atoms with Crippen LogP contribution in [0.15, 0.2) is 0 Å². The first kappa shape index (κ1) is 12.8. The Labute approximate surface area is 96.3 Å². The van der Waals surface area contributed by atoms with Gasteiger partial charge in [-0.05, 0) is 24.1 Å². The maximum Gasteiger partial charge on any atom is 0.327 e. The third-order valence-corrected chi connectivity index (χ3v) is 4.49. The number of hydrogen-bond acceptors (Lipinski definition) is 4. The van der Waals surface area contributed by atoms with E-state index in [1.165, 1.54) is 7.11 Å². The Balaban J connectivity index is 3.00. The molecule has 0 amide bonds. The SMILES string of the molecule is CCNC1(C(=O)OC)CSCCC1(C)C. The van der Waals surface area contributed by atoms with Gasteiger partial charge in [0.1, 0.15) is 5.54 Å². The van der Waals surface area contributed by atoms with Gasteiger partial charge in [0, 0.05) is 5.75 Å². The van der Waals surface area contributed by atoms with E-state index in [1.54, 1.807) is 0 Å². The Bertz CT molecular complexity index is 239. The van der Waals surface area contributed by atoms with Crippen molar-refractivity contribution in [2.45, 2.75) is 32.7 Å². The van der Waals surface area contributed by atoms with Crippen molar-refractivity contribution >= 4 is 17.7 Å². The highest BCUT2D eigenvalue weighted by Gasteiger charge is 2.53. The summed E-state index contributed by atoms with van der Waals surface area (Å²) in [7, 11) is 1.47. The third-order valence-electron chi connectivity index (χ3n) is 3.36. The molecule has 1 rings (SSSR count). The van der Waals surface area contributed by atoms with Gasteiger partial charge in [-0.15, -0.1) is 0 Å². The Morgan fingerprint density at radius 1 is 1.53 bits per heavy atom. The zero-order valence-corrected chi connectivity index (χ0v) is 10.9. The van der Waals surface area contributed by atoms with Gasteiger partial charge in [-0.3, -0.25) is 4.79 Å². The summed E-state index contributed by atoms with van der Waals surface area (Å²) in [6.07, 6.45) is 1.04. The molecule has 0 spiro atoms. The quantitative estimate of drug-likeness (QED) is 0.750. The smallest absolute Gasteiger partial charge is 0.327 e. The highest BCUT2D eigenvalue weighted by molar-refractivity contribution is 7.99. The van der Waals surface area contributed by atoms with Crippen molar-refractivity contribution < 1.29 is 9.53 Å². The standard InChI is InChI=1S/C11H21NO2S/c1-5-12-11(9(13)14-4)8-15-7-6-10(11,2)3/h12H,5-8H2,1-4H3. The van der Waals surface area contributed by atoms with Crippen LogP contribution in [-0.2, 0) is 9.53 Å². The fourth-order valence-corrected chi connectivity index (χ4v) is 3.85. The van der Waals surface area contributed by atoms with Crippen LogP contribution < -0.4 is 5.32 Å². The molecule has 1 N–H and O–H groups in total. The predicted molar refractivity (Wildman–Crippen MR) is 64.1 cm³/mol. The van der Waals surface area contributed by atoms with Crippen LogP contribution in [0.1, 0.15) is 27.2 Å². The maximum atomic E-state index is 12.0. The lowest BCUT2D eigenvalue weighted by Gasteiger charge is -2.47. The third kappa shape index (κ3) is 2.16. The number of esters is 1. The predicted octanol–water partition coefficient (Wildman–Crippen LogP) is 1.67. The molecule has 0 aliphatic carbocycles. The van der Waals surface area contributed by atoms with E-state index in [2.05, 4.69) is 19.2 Å². The van der Waals surface area contributed by atoms with Crippen molar-refractivity contribution in [1.29, 1.82) is 0 Å². The topological polar surface area (TPSA) is 38.3 Å². The van der Waals surface area contributed by atoms with Crippen LogP contribution in [0.5, 0.6) is 0 Å². The number of rotatable bonds is 3. The summed E-state index contributed by atoms with van der Waals surface area (Å²) < 4.78 is 4.97. The number of likely N-dealkylation sites (N-methyl/N-ethyl adjacent to an activating group) is 1. The molecule has 88 valence electrons. The van der Waals surface area contributed by atoms with Gasteiger partial charge in [-0.1, -0.05) is 20.8 Å². The molecule has 1 unspecified atom stereocenters. The molecule has 1 aliphatic rings. The van der Waals surface area contributed by atoms with Gasteiger partial charge in [0.2, 0.25) is 0 Å². The number of nitrogens with one attached hydrogen (secondary N) is 1. The summed E-state index contributed by atoms with van der Waals surface area (Å²) in [5, 5.41) is 3.34. The molecule has 0 saturated carbocycles. The zero-order chi connectivity index (χ0) is 11.5. The van der Waals surface area contributed by atoms with Gasteiger partial charge in [0.05, 0.1) is 7.11 Å². The molecular weight excluding hydrogens is 210 g/mol. The number of methoxy groups -OCH3 is 1. The molecule has 1 heterocycles. The molecule has 0 radical (unpaired) electrons. The first-order chi connectivity index (χ1) is 7.00. The second-order valence-corrected chi connectivity index (χ2v) is 5.72. The van der Waals surface area contributed by atoms with Crippen molar-refractivity contribution in [1.82, 2.24) is 5.32 Å². The van der Waals surface area contributed by atoms with E-state index in [0.29, 0.717) is 0 Å². The van der Waals surface area contributed by atoms with E-state index >= 15 is 0 Å². The largest absolute Gasteiger partial charge is 0.468 e. The Hall–Kier alpha value is -0.220. The van der Waals surface area contributed by atoms with Crippen molar-refractivity contribution in [3.63, 3.8) is 0 Å². The van der Waals surface area contributed by atoms with E-state index < -0.39 is 5.54 Å². The molecule has 0 aromatic carbocycles. The highest BCUT2D eigenvalue weighted by atomic mass is 32.2. The number of hydrogen-bond donors (Lipinski definition) is 1. The van der Waals surface area contributed by atoms with Crippen LogP contribution in [0.2, 0.25) is 0 Å². The lowest BCUT2D eigenvalue weighted by molar-refractivity contribution is -0.153. The maximum absolute atomic E-state index is 12.0. The number of carbonyl (C=O) groups excluding carboxylic acids is 1. The average Bonchev–Trinajstić information content (AvgIpc) is 2.20. The van der Waals surface area contributed by atoms with Crippen molar-refractivity contribution in [3.05, 3.63) is 0 Å². The van der Waals surface area contributed by atoms with Crippen LogP contribution in [0.25, 0.3) is 0 Å². The Morgan fingerprint density at radius 2 is 2.20 bits per heavy atom. The molecule has 1 aliphatic heterocycles. The van der Waals surface area contributed by atoms with E-state index in [-0.39, 0.29) is 11.4 Å². The van der Waals surface area contributed by atoms with Crippen LogP contribution >= 0.6 is 11.8 Å². The minimum Gasteiger partial charge on any atom is -0.468 e. The van der Waals surface area contributed by atoms with Crippen molar-refractivity contribution in [2.24, 2.45) is 5.41 Å². The highest BCUT2D eigenvalue weighted by Crippen LogP contribution is 2.42. The van der Waals surface area contributed by atoms with Gasteiger partial charge in [0.25, 0.3) is 0 Å². The van der Waals surface area contributed by atoms with Crippen LogP contribution in [0, 0.1) is 5.41 Å². The molecule has 1 fully saturated rings. The molecule has 1 saturated heterocycles. The van der Waals surface area contributed by atoms with Crippen LogP contribution in [-0.4, -0.2) is 36.7 Å². The lowest BCUT2D eigenvalue weighted by Crippen LogP contribution is -2.65. The number of ether oxygens (including phenoxy) is 1. The van der Waals surface area contributed by atoms with Gasteiger partial charge in [-0.25, -0.2) is 0 Å². The van der Waals surface area contributed by atoms with E-state index in [4.69, 9.17) is 4.74 Å². The summed E-state index contributed by atoms with van der Waals surface area (Å²) in [6.45, 7) is 7.11. The van der Waals surface area contributed by atoms with E-state index in [1.807, 2.05) is 18.7 Å². The summed E-state index contributed by atoms with van der Waals surface area (Å²) in [6, 6.07) is 0. The second-order valence-electron chi connectivity index (χ2n) is 4.61. The van der Waals surface area contributed by atoms with Crippen LogP contribution in [0.4, 0.5) is 0 Å². The molecule has 15 heavy (non-hydrogen) atoms. The molecule has 4 heteroatoms. The summed E-state index contributed by atoms with van der Waals surface area (Å²) in [5.74, 6) is 1.80. The van der Waals surface area contributed by atoms with Gasteiger partial charge >= 0.3 is 5.97 Å². The van der Waals surface area contributed by atoms with E-state index in [0.717, 1.165) is 24.5 Å². The molecule has 0 aromatic heterocycles. The van der Waals surface area contributed by atoms with Gasteiger partial charge < -0.3 is 10.1 Å². The minimum absolute atomic E-state index is 0.0403. The fourth-order valence-electron chi connectivity index (χ4n) is 2.14. The molecule has 0 aromatic rings. The minimum atomic E-state index is -0.514. The number of thioether (sulfide) groups is 1. The first-order valence-corrected chi connectivity index (χ1v) is 6.57. The first-order valence-electron chi connectivity index (χ1n) is 5.41. The summed E-state index contributed by atoms with van der Waals surface area (Å²) >= 11 is 1.82. The monoisotopic (exact) mass is 231 g/mol. The van der Waals surface area contributed by atoms with Crippen molar-refractivity contribution in [2.75, 3.05) is 25.2 Å². The second kappa shape index (κ2) is 4.74. The van der Waals surface area contributed by atoms with Crippen molar-refractivity contribution in [3.8, 4) is 0 Å². The molecule has 1 atom stereocenters. The normalized spacial score (nSPS) is 29.9. The molecule has 3 nitrogen and oxygen atoms in total. The summed E-state index contributed by atoms with van der Waals surface area (Å²) in [4.78, 5) is 12.0. The summed E-state index contributed by atoms with van der Waals surface area (Å²) in [5.41, 5.74) is -0.555. The van der Waals surface area contributed by atoms with Gasteiger partial charge in [-0.2, -0.15) is 11.8 Å². The average molecular weight is 231 g/mol. The van der Waals surface area contributed by atoms with Crippen LogP contribution in [0.3, 0.4) is 0 Å². The van der Waals surface area contributed by atoms with E-state index in [9.17, 15) is 4.79 Å². The number of carbonyl (C=O) groups is 1. The fraction of sp³-hybridized carbons (Fsp3) is 0.909. The molecular formula is C11H21NO2S. The van der Waals surface area contributed by atoms with Gasteiger partial charge in [0.15, 0.2) is 0 Å².